The number of nitro groups is 1. The summed E-state index contributed by atoms with van der Waals surface area (Å²) in [5.41, 5.74) is 1.98. The van der Waals surface area contributed by atoms with Crippen LogP contribution in [0.2, 0.25) is 0 Å². The van der Waals surface area contributed by atoms with Gasteiger partial charge in [-0.1, -0.05) is 12.1 Å². The Hall–Kier alpha value is -2.32. The number of hydrogen-bond acceptors (Lipinski definition) is 4. The number of non-ortho nitro benzene ring substituents is 1. The zero-order valence-electron chi connectivity index (χ0n) is 10.4. The predicted octanol–water partition coefficient (Wildman–Crippen LogP) is 3.37. The summed E-state index contributed by atoms with van der Waals surface area (Å²) in [5.74, 6) is 0.535. The average Bonchev–Trinajstić information content (AvgIpc) is 2.88. The van der Waals surface area contributed by atoms with E-state index in [-0.39, 0.29) is 11.6 Å². The van der Waals surface area contributed by atoms with Crippen molar-refractivity contribution in [2.75, 3.05) is 17.7 Å². The first-order valence-electron chi connectivity index (χ1n) is 6.11. The normalized spacial score (nSPS) is 16.5. The van der Waals surface area contributed by atoms with Crippen molar-refractivity contribution in [2.24, 2.45) is 0 Å². The van der Waals surface area contributed by atoms with Gasteiger partial charge in [0.1, 0.15) is 6.07 Å². The quantitative estimate of drug-likeness (QED) is 0.522. The summed E-state index contributed by atoms with van der Waals surface area (Å²) in [7, 11) is 0. The van der Waals surface area contributed by atoms with E-state index in [1.165, 1.54) is 6.07 Å². The Kier molecular flexibility index (Phi) is 2.96. The molecule has 2 aromatic rings. The molecule has 2 aromatic carbocycles. The van der Waals surface area contributed by atoms with Gasteiger partial charge in [0.15, 0.2) is 0 Å². The molecule has 1 atom stereocenters. The van der Waals surface area contributed by atoms with Crippen molar-refractivity contribution in [3.63, 3.8) is 0 Å². The third-order valence-corrected chi connectivity index (χ3v) is 4.01. The van der Waals surface area contributed by atoms with E-state index in [1.54, 1.807) is 12.1 Å². The summed E-state index contributed by atoms with van der Waals surface area (Å²) in [6, 6.07) is 8.69. The highest BCUT2D eigenvalue weighted by Gasteiger charge is 2.29. The number of nitriles is 1. The first kappa shape index (κ1) is 12.7. The number of alkyl halides is 1. The Morgan fingerprint density at radius 1 is 1.55 bits per heavy atom. The van der Waals surface area contributed by atoms with Gasteiger partial charge in [-0.15, -0.1) is 11.6 Å². The van der Waals surface area contributed by atoms with Crippen LogP contribution in [0.5, 0.6) is 0 Å². The molecule has 1 heterocycles. The summed E-state index contributed by atoms with van der Waals surface area (Å²) in [6.07, 6.45) is 0. The molecule has 6 heteroatoms. The smallest absolute Gasteiger partial charge is 0.280 e. The number of nitrogens with zero attached hydrogens (tertiary/aromatic N) is 2. The second-order valence-corrected chi connectivity index (χ2v) is 4.99. The van der Waals surface area contributed by atoms with Crippen LogP contribution in [0.15, 0.2) is 24.3 Å². The lowest BCUT2D eigenvalue weighted by molar-refractivity contribution is -0.383. The van der Waals surface area contributed by atoms with Crippen LogP contribution in [0.1, 0.15) is 17.0 Å². The minimum Gasteiger partial charge on any atom is -0.384 e. The molecule has 100 valence electrons. The molecular weight excluding hydrogens is 278 g/mol. The van der Waals surface area contributed by atoms with Crippen LogP contribution in [-0.2, 0) is 0 Å². The molecule has 0 aliphatic carbocycles. The highest BCUT2D eigenvalue weighted by atomic mass is 35.5. The van der Waals surface area contributed by atoms with Gasteiger partial charge in [0.05, 0.1) is 15.9 Å². The number of hydrogen-bond donors (Lipinski definition) is 1. The largest absolute Gasteiger partial charge is 0.384 e. The number of benzene rings is 2. The van der Waals surface area contributed by atoms with Gasteiger partial charge in [-0.3, -0.25) is 10.1 Å². The SMILES string of the molecule is N#Cc1cccc2c3c(cc([N+](=O)[O-])c12)NCC3CCl. The van der Waals surface area contributed by atoms with Crippen molar-refractivity contribution in [1.82, 2.24) is 0 Å². The highest BCUT2D eigenvalue weighted by Crippen LogP contribution is 2.43. The second kappa shape index (κ2) is 4.66. The molecule has 1 aliphatic rings. The van der Waals surface area contributed by atoms with Crippen molar-refractivity contribution in [2.45, 2.75) is 5.92 Å². The molecule has 1 unspecified atom stereocenters. The van der Waals surface area contributed by atoms with Gasteiger partial charge in [0, 0.05) is 30.1 Å². The molecule has 1 aliphatic heterocycles. The average molecular weight is 288 g/mol. The number of anilines is 1. The van der Waals surface area contributed by atoms with Crippen LogP contribution in [0.3, 0.4) is 0 Å². The number of halogens is 1. The number of rotatable bonds is 2. The Morgan fingerprint density at radius 2 is 2.35 bits per heavy atom. The monoisotopic (exact) mass is 287 g/mol. The molecule has 20 heavy (non-hydrogen) atoms. The van der Waals surface area contributed by atoms with Gasteiger partial charge in [0.2, 0.25) is 0 Å². The van der Waals surface area contributed by atoms with Gasteiger partial charge in [0.25, 0.3) is 5.69 Å². The number of fused-ring (bicyclic) bond motifs is 3. The molecule has 0 saturated carbocycles. The topological polar surface area (TPSA) is 79.0 Å². The molecule has 0 aromatic heterocycles. The fourth-order valence-corrected chi connectivity index (χ4v) is 3.04. The lowest BCUT2D eigenvalue weighted by Crippen LogP contribution is -2.03. The van der Waals surface area contributed by atoms with Crippen LogP contribution in [0.25, 0.3) is 10.8 Å². The van der Waals surface area contributed by atoms with Crippen LogP contribution in [0.4, 0.5) is 11.4 Å². The maximum atomic E-state index is 11.3. The van der Waals surface area contributed by atoms with Crippen LogP contribution in [0, 0.1) is 21.4 Å². The lowest BCUT2D eigenvalue weighted by atomic mass is 9.93. The van der Waals surface area contributed by atoms with Gasteiger partial charge >= 0.3 is 0 Å². The zero-order chi connectivity index (χ0) is 14.3. The van der Waals surface area contributed by atoms with Crippen molar-refractivity contribution < 1.29 is 4.92 Å². The summed E-state index contributed by atoms with van der Waals surface area (Å²) in [5, 5.41) is 24.8. The van der Waals surface area contributed by atoms with Gasteiger partial charge in [-0.25, -0.2) is 0 Å². The van der Waals surface area contributed by atoms with Crippen LogP contribution >= 0.6 is 11.6 Å². The number of nitro benzene ring substituents is 1. The van der Waals surface area contributed by atoms with E-state index in [2.05, 4.69) is 5.32 Å². The van der Waals surface area contributed by atoms with E-state index < -0.39 is 4.92 Å². The first-order valence-corrected chi connectivity index (χ1v) is 6.64. The molecule has 0 saturated heterocycles. The van der Waals surface area contributed by atoms with Crippen molar-refractivity contribution in [3.8, 4) is 6.07 Å². The van der Waals surface area contributed by atoms with Crippen molar-refractivity contribution in [1.29, 1.82) is 5.26 Å². The third-order valence-electron chi connectivity index (χ3n) is 3.63. The minimum absolute atomic E-state index is 0.0429. The Balaban J connectivity index is 2.47. The van der Waals surface area contributed by atoms with E-state index >= 15 is 0 Å². The molecule has 0 amide bonds. The molecule has 0 fully saturated rings. The standard InChI is InChI=1S/C14H10ClN3O2/c15-5-9-7-17-11-4-12(18(19)20)14-8(6-16)2-1-3-10(14)13(9)11/h1-4,9,17H,5,7H2. The molecule has 3 rings (SSSR count). The van der Waals surface area contributed by atoms with Gasteiger partial charge in [-0.05, 0) is 17.0 Å². The van der Waals surface area contributed by atoms with Crippen molar-refractivity contribution in [3.05, 3.63) is 45.5 Å². The Bertz CT molecular complexity index is 767. The first-order chi connectivity index (χ1) is 9.67. The van der Waals surface area contributed by atoms with Crippen LogP contribution in [-0.4, -0.2) is 17.3 Å². The zero-order valence-corrected chi connectivity index (χ0v) is 11.1. The van der Waals surface area contributed by atoms with E-state index in [0.29, 0.717) is 23.4 Å². The summed E-state index contributed by atoms with van der Waals surface area (Å²) >= 11 is 5.97. The van der Waals surface area contributed by atoms with Crippen LogP contribution < -0.4 is 5.32 Å². The lowest BCUT2D eigenvalue weighted by Gasteiger charge is -2.11. The van der Waals surface area contributed by atoms with E-state index in [9.17, 15) is 15.4 Å². The minimum atomic E-state index is -0.445. The summed E-state index contributed by atoms with van der Waals surface area (Å²) < 4.78 is 0. The Labute approximate surface area is 119 Å². The van der Waals surface area contributed by atoms with E-state index in [4.69, 9.17) is 11.6 Å². The molecular formula is C14H10ClN3O2. The molecule has 0 spiro atoms. The van der Waals surface area contributed by atoms with Gasteiger partial charge in [-0.2, -0.15) is 5.26 Å². The maximum Gasteiger partial charge on any atom is 0.280 e. The fraction of sp³-hybridized carbons (Fsp3) is 0.214. The Morgan fingerprint density at radius 3 is 3.00 bits per heavy atom. The molecule has 0 radical (unpaired) electrons. The van der Waals surface area contributed by atoms with E-state index in [0.717, 1.165) is 16.6 Å². The third kappa shape index (κ3) is 1.69. The highest BCUT2D eigenvalue weighted by molar-refractivity contribution is 6.19. The van der Waals surface area contributed by atoms with Crippen molar-refractivity contribution >= 4 is 33.7 Å². The fourth-order valence-electron chi connectivity index (χ4n) is 2.77. The number of nitrogens with one attached hydrogen (secondary N) is 1. The van der Waals surface area contributed by atoms with Gasteiger partial charge < -0.3 is 5.32 Å². The molecule has 1 N–H and O–H groups in total. The predicted molar refractivity (Wildman–Crippen MR) is 77.3 cm³/mol. The summed E-state index contributed by atoms with van der Waals surface area (Å²) in [4.78, 5) is 10.8. The summed E-state index contributed by atoms with van der Waals surface area (Å²) in [6.45, 7) is 0.659. The molecule has 5 nitrogen and oxygen atoms in total. The second-order valence-electron chi connectivity index (χ2n) is 4.69. The molecule has 0 bridgehead atoms. The van der Waals surface area contributed by atoms with E-state index in [1.807, 2.05) is 12.1 Å². The maximum absolute atomic E-state index is 11.3.